The van der Waals surface area contributed by atoms with Gasteiger partial charge in [0.25, 0.3) is 0 Å². The lowest BCUT2D eigenvalue weighted by Gasteiger charge is -2.36. The first-order chi connectivity index (χ1) is 8.87. The van der Waals surface area contributed by atoms with Gasteiger partial charge < -0.3 is 5.11 Å². The molecule has 0 radical (unpaired) electrons. The van der Waals surface area contributed by atoms with Crippen molar-refractivity contribution in [3.05, 3.63) is 14.7 Å². The molecule has 0 bridgehead atoms. The third-order valence-corrected chi connectivity index (χ3v) is 8.84. The van der Waals surface area contributed by atoms with Crippen LogP contribution in [0.2, 0.25) is 0 Å². The Bertz CT molecular complexity index is 558. The van der Waals surface area contributed by atoms with Crippen molar-refractivity contribution in [3.63, 3.8) is 0 Å². The predicted octanol–water partition coefficient (Wildman–Crippen LogP) is 2.52. The van der Waals surface area contributed by atoms with Gasteiger partial charge in [-0.25, -0.2) is 8.42 Å². The van der Waals surface area contributed by atoms with Crippen molar-refractivity contribution in [1.82, 2.24) is 4.31 Å². The van der Waals surface area contributed by atoms with E-state index in [-0.39, 0.29) is 17.5 Å². The van der Waals surface area contributed by atoms with Crippen LogP contribution in [0, 0.1) is 0 Å². The van der Waals surface area contributed by atoms with Crippen molar-refractivity contribution in [2.75, 3.05) is 12.3 Å². The lowest BCUT2D eigenvalue weighted by molar-refractivity contribution is 0.285. The lowest BCUT2D eigenvalue weighted by Crippen LogP contribution is -2.47. The summed E-state index contributed by atoms with van der Waals surface area (Å²) in [6.45, 7) is 4.40. The zero-order valence-corrected chi connectivity index (χ0v) is 14.7. The van der Waals surface area contributed by atoms with E-state index in [2.05, 4.69) is 22.9 Å². The van der Waals surface area contributed by atoms with Crippen molar-refractivity contribution in [2.45, 2.75) is 36.6 Å². The predicted molar refractivity (Wildman–Crippen MR) is 83.2 cm³/mol. The molecule has 0 aliphatic carbocycles. The molecule has 1 aliphatic rings. The van der Waals surface area contributed by atoms with Crippen LogP contribution in [0.15, 0.2) is 14.7 Å². The van der Waals surface area contributed by atoms with Gasteiger partial charge in [0.1, 0.15) is 4.90 Å². The molecule has 2 atom stereocenters. The van der Waals surface area contributed by atoms with E-state index >= 15 is 0 Å². The molecule has 19 heavy (non-hydrogen) atoms. The van der Waals surface area contributed by atoms with Crippen LogP contribution < -0.4 is 0 Å². The van der Waals surface area contributed by atoms with E-state index in [9.17, 15) is 8.42 Å². The maximum absolute atomic E-state index is 12.7. The average molecular weight is 386 g/mol. The molecule has 1 N–H and O–H groups in total. The zero-order valence-electron chi connectivity index (χ0n) is 10.7. The summed E-state index contributed by atoms with van der Waals surface area (Å²) in [5, 5.41) is 9.41. The highest BCUT2D eigenvalue weighted by Crippen LogP contribution is 2.36. The van der Waals surface area contributed by atoms with Crippen LogP contribution in [-0.4, -0.2) is 41.4 Å². The number of rotatable bonds is 3. The van der Waals surface area contributed by atoms with Gasteiger partial charge in [-0.15, -0.1) is 11.3 Å². The number of nitrogens with zero attached hydrogens (tertiary/aromatic N) is 1. The van der Waals surface area contributed by atoms with Crippen LogP contribution >= 0.6 is 39.0 Å². The SMILES string of the molecule is CC1SCCN(S(=O)(=O)c2cc(CO)sc2Br)C1C. The first-order valence-electron chi connectivity index (χ1n) is 5.90. The molecule has 1 aromatic rings. The molecule has 1 saturated heterocycles. The largest absolute Gasteiger partial charge is 0.391 e. The first kappa shape index (κ1) is 15.8. The summed E-state index contributed by atoms with van der Waals surface area (Å²) in [6.07, 6.45) is 0. The number of halogens is 1. The number of aliphatic hydroxyl groups is 1. The Morgan fingerprint density at radius 1 is 1.53 bits per heavy atom. The second-order valence-corrected chi connectivity index (χ2v) is 10.2. The van der Waals surface area contributed by atoms with Crippen LogP contribution in [0.3, 0.4) is 0 Å². The number of aliphatic hydroxyl groups excluding tert-OH is 1. The Morgan fingerprint density at radius 3 is 2.79 bits per heavy atom. The Hall–Kier alpha value is 0.400. The minimum atomic E-state index is -3.49. The maximum Gasteiger partial charge on any atom is 0.245 e. The van der Waals surface area contributed by atoms with Crippen LogP contribution in [0.25, 0.3) is 0 Å². The van der Waals surface area contributed by atoms with Crippen molar-refractivity contribution in [3.8, 4) is 0 Å². The van der Waals surface area contributed by atoms with Crippen molar-refractivity contribution in [2.24, 2.45) is 0 Å². The second-order valence-electron chi connectivity index (χ2n) is 4.44. The van der Waals surface area contributed by atoms with Crippen molar-refractivity contribution in [1.29, 1.82) is 0 Å². The van der Waals surface area contributed by atoms with E-state index in [0.717, 1.165) is 5.75 Å². The molecule has 0 saturated carbocycles. The van der Waals surface area contributed by atoms with Crippen LogP contribution in [0.4, 0.5) is 0 Å². The molecule has 0 spiro atoms. The molecule has 0 amide bonds. The molecule has 2 rings (SSSR count). The fourth-order valence-electron chi connectivity index (χ4n) is 2.02. The number of thioether (sulfide) groups is 1. The van der Waals surface area contributed by atoms with Gasteiger partial charge in [-0.3, -0.25) is 0 Å². The van der Waals surface area contributed by atoms with Crippen LogP contribution in [0.5, 0.6) is 0 Å². The van der Waals surface area contributed by atoms with E-state index in [4.69, 9.17) is 5.11 Å². The molecule has 2 heterocycles. The zero-order chi connectivity index (χ0) is 14.2. The summed E-state index contributed by atoms with van der Waals surface area (Å²) in [6, 6.07) is 1.54. The minimum Gasteiger partial charge on any atom is -0.391 e. The van der Waals surface area contributed by atoms with Crippen molar-refractivity contribution < 1.29 is 13.5 Å². The minimum absolute atomic E-state index is 0.0203. The number of sulfonamides is 1. The van der Waals surface area contributed by atoms with E-state index < -0.39 is 10.0 Å². The molecular weight excluding hydrogens is 370 g/mol. The smallest absolute Gasteiger partial charge is 0.245 e. The molecule has 1 fully saturated rings. The normalized spacial score (nSPS) is 25.7. The summed E-state index contributed by atoms with van der Waals surface area (Å²) >= 11 is 6.35. The summed E-state index contributed by atoms with van der Waals surface area (Å²) in [5.41, 5.74) is 0. The molecule has 1 aliphatic heterocycles. The third-order valence-electron chi connectivity index (χ3n) is 3.27. The average Bonchev–Trinajstić information content (AvgIpc) is 2.74. The molecule has 8 heteroatoms. The molecule has 108 valence electrons. The van der Waals surface area contributed by atoms with E-state index in [1.54, 1.807) is 22.1 Å². The second kappa shape index (κ2) is 6.03. The Balaban J connectivity index is 2.38. The highest BCUT2D eigenvalue weighted by molar-refractivity contribution is 9.11. The van der Waals surface area contributed by atoms with Gasteiger partial charge in [-0.2, -0.15) is 16.1 Å². The summed E-state index contributed by atoms with van der Waals surface area (Å²) in [4.78, 5) is 0.921. The van der Waals surface area contributed by atoms with Crippen LogP contribution in [-0.2, 0) is 16.6 Å². The van der Waals surface area contributed by atoms with E-state index in [0.29, 0.717) is 20.5 Å². The quantitative estimate of drug-likeness (QED) is 0.868. The third kappa shape index (κ3) is 3.03. The Morgan fingerprint density at radius 2 is 2.21 bits per heavy atom. The van der Waals surface area contributed by atoms with Gasteiger partial charge in [-0.1, -0.05) is 6.92 Å². The molecule has 1 aromatic heterocycles. The lowest BCUT2D eigenvalue weighted by atomic mass is 10.2. The molecule has 0 aromatic carbocycles. The number of hydrogen-bond donors (Lipinski definition) is 1. The van der Waals surface area contributed by atoms with E-state index in [1.165, 1.54) is 11.3 Å². The Labute approximate surface area is 130 Å². The van der Waals surface area contributed by atoms with Crippen LogP contribution in [0.1, 0.15) is 18.7 Å². The standard InChI is InChI=1S/C11H16BrNO3S3/c1-7-8(2)17-4-3-13(7)19(15,16)10-5-9(6-14)18-11(10)12/h5,7-8,14H,3-4,6H2,1-2H3. The van der Waals surface area contributed by atoms with Gasteiger partial charge in [-0.05, 0) is 28.9 Å². The van der Waals surface area contributed by atoms with Gasteiger partial charge in [0.05, 0.1) is 10.4 Å². The fourth-order valence-corrected chi connectivity index (χ4v) is 7.51. The molecular formula is C11H16BrNO3S3. The summed E-state index contributed by atoms with van der Waals surface area (Å²) in [7, 11) is -3.49. The fraction of sp³-hybridized carbons (Fsp3) is 0.636. The highest BCUT2D eigenvalue weighted by atomic mass is 79.9. The van der Waals surface area contributed by atoms with Gasteiger partial charge in [0.2, 0.25) is 10.0 Å². The maximum atomic E-state index is 12.7. The highest BCUT2D eigenvalue weighted by Gasteiger charge is 2.36. The molecule has 2 unspecified atom stereocenters. The Kier molecular flexibility index (Phi) is 5.01. The monoisotopic (exact) mass is 385 g/mol. The number of hydrogen-bond acceptors (Lipinski definition) is 5. The van der Waals surface area contributed by atoms with E-state index in [1.807, 2.05) is 6.92 Å². The molecule has 4 nitrogen and oxygen atoms in total. The summed E-state index contributed by atoms with van der Waals surface area (Å²) < 4.78 is 27.5. The summed E-state index contributed by atoms with van der Waals surface area (Å²) in [5.74, 6) is 0.819. The topological polar surface area (TPSA) is 57.6 Å². The first-order valence-corrected chi connectivity index (χ1v) is 10.00. The van der Waals surface area contributed by atoms with Gasteiger partial charge in [0, 0.05) is 28.5 Å². The van der Waals surface area contributed by atoms with Gasteiger partial charge >= 0.3 is 0 Å². The van der Waals surface area contributed by atoms with Gasteiger partial charge in [0.15, 0.2) is 0 Å². The number of thiophene rings is 1. The van der Waals surface area contributed by atoms with Crippen molar-refractivity contribution >= 4 is 49.1 Å².